The summed E-state index contributed by atoms with van der Waals surface area (Å²) in [5.74, 6) is 3.98. The second-order valence-corrected chi connectivity index (χ2v) is 6.65. The van der Waals surface area contributed by atoms with Crippen molar-refractivity contribution in [1.82, 2.24) is 0 Å². The average molecular weight is 360 g/mol. The Bertz CT molecular complexity index is 1290. The van der Waals surface area contributed by atoms with E-state index in [1.165, 1.54) is 0 Å². The van der Waals surface area contributed by atoms with E-state index >= 15 is 0 Å². The van der Waals surface area contributed by atoms with Crippen molar-refractivity contribution in [2.75, 3.05) is 20.4 Å². The zero-order chi connectivity index (χ0) is 17.5. The molecule has 4 aromatic rings. The van der Waals surface area contributed by atoms with Crippen molar-refractivity contribution < 1.29 is 28.4 Å². The Balaban J connectivity index is 1.86. The minimum atomic E-state index is 0.144. The minimum absolute atomic E-state index is 0.144. The highest BCUT2D eigenvalue weighted by atomic mass is 16.7. The molecule has 0 aromatic heterocycles. The van der Waals surface area contributed by atoms with Crippen LogP contribution >= 0.6 is 0 Å². The van der Waals surface area contributed by atoms with Gasteiger partial charge in [0.25, 0.3) is 0 Å². The number of hydrogen-bond acceptors (Lipinski definition) is 6. The topological polar surface area (TPSA) is 55.4 Å². The van der Waals surface area contributed by atoms with Crippen LogP contribution in [0.3, 0.4) is 0 Å². The Hall–Kier alpha value is -3.54. The van der Waals surface area contributed by atoms with Crippen LogP contribution in [0.1, 0.15) is 0 Å². The molecule has 0 bridgehead atoms. The molecule has 6 heteroatoms. The average Bonchev–Trinajstić information content (AvgIpc) is 3.46. The zero-order valence-corrected chi connectivity index (χ0v) is 14.0. The van der Waals surface area contributed by atoms with Gasteiger partial charge in [0, 0.05) is 16.2 Å². The van der Waals surface area contributed by atoms with Crippen LogP contribution in [0.2, 0.25) is 0 Å². The molecule has 0 N–H and O–H groups in total. The molecule has 0 radical (unpaired) electrons. The SMILES string of the molecule is c1ccc2c(c1)c1ccc3c(c1c1c4c(c5c(c21)OCO5)OCO4)OCO3. The van der Waals surface area contributed by atoms with Gasteiger partial charge in [0.2, 0.25) is 31.9 Å². The van der Waals surface area contributed by atoms with Crippen LogP contribution in [0.4, 0.5) is 0 Å². The fourth-order valence-electron chi connectivity index (χ4n) is 4.37. The van der Waals surface area contributed by atoms with Crippen LogP contribution in [0.15, 0.2) is 36.4 Å². The summed E-state index contributed by atoms with van der Waals surface area (Å²) >= 11 is 0. The van der Waals surface area contributed by atoms with Crippen molar-refractivity contribution in [3.05, 3.63) is 36.4 Å². The zero-order valence-electron chi connectivity index (χ0n) is 14.0. The van der Waals surface area contributed by atoms with Gasteiger partial charge in [-0.3, -0.25) is 0 Å². The van der Waals surface area contributed by atoms with Crippen LogP contribution in [0.5, 0.6) is 34.5 Å². The van der Waals surface area contributed by atoms with E-state index in [9.17, 15) is 0 Å². The Morgan fingerprint density at radius 1 is 0.444 bits per heavy atom. The van der Waals surface area contributed by atoms with Crippen molar-refractivity contribution >= 4 is 32.3 Å². The van der Waals surface area contributed by atoms with Gasteiger partial charge in [-0.05, 0) is 28.3 Å². The van der Waals surface area contributed by atoms with E-state index in [-0.39, 0.29) is 20.4 Å². The molecule has 3 heterocycles. The molecule has 7 rings (SSSR count). The largest absolute Gasteiger partial charge is 0.454 e. The quantitative estimate of drug-likeness (QED) is 0.435. The summed E-state index contributed by atoms with van der Waals surface area (Å²) in [5, 5.41) is 6.04. The molecule has 132 valence electrons. The van der Waals surface area contributed by atoms with Crippen molar-refractivity contribution in [3.8, 4) is 34.5 Å². The van der Waals surface area contributed by atoms with Crippen LogP contribution in [-0.2, 0) is 0 Å². The molecule has 0 saturated heterocycles. The third-order valence-corrected chi connectivity index (χ3v) is 5.41. The molecule has 0 spiro atoms. The van der Waals surface area contributed by atoms with E-state index in [2.05, 4.69) is 18.2 Å². The maximum atomic E-state index is 5.90. The number of fused-ring (bicyclic) bond motifs is 13. The fourth-order valence-corrected chi connectivity index (χ4v) is 4.37. The van der Waals surface area contributed by atoms with Gasteiger partial charge in [-0.15, -0.1) is 0 Å². The Morgan fingerprint density at radius 3 is 1.81 bits per heavy atom. The van der Waals surface area contributed by atoms with Crippen molar-refractivity contribution in [2.24, 2.45) is 0 Å². The van der Waals surface area contributed by atoms with Gasteiger partial charge in [-0.2, -0.15) is 0 Å². The fraction of sp³-hybridized carbons (Fsp3) is 0.143. The normalized spacial score (nSPS) is 16.0. The van der Waals surface area contributed by atoms with Gasteiger partial charge < -0.3 is 28.4 Å². The molecule has 6 nitrogen and oxygen atoms in total. The second kappa shape index (κ2) is 4.59. The standard InChI is InChI=1S/C21H12O6/c1-2-4-11-10(3-1)12-5-6-13-17(23-7-22-13)14(12)16-15(11)18-20(26-8-24-18)21-19(16)25-9-27-21/h1-6H,7-9H2. The van der Waals surface area contributed by atoms with Crippen LogP contribution in [0, 0.1) is 0 Å². The maximum absolute atomic E-state index is 5.90. The molecule has 4 aromatic carbocycles. The lowest BCUT2D eigenvalue weighted by Crippen LogP contribution is -1.96. The van der Waals surface area contributed by atoms with E-state index in [1.54, 1.807) is 0 Å². The van der Waals surface area contributed by atoms with Crippen molar-refractivity contribution in [3.63, 3.8) is 0 Å². The third-order valence-electron chi connectivity index (χ3n) is 5.41. The van der Waals surface area contributed by atoms with Crippen molar-refractivity contribution in [1.29, 1.82) is 0 Å². The highest BCUT2D eigenvalue weighted by molar-refractivity contribution is 6.31. The first-order chi connectivity index (χ1) is 13.4. The first kappa shape index (κ1) is 13.6. The molecule has 27 heavy (non-hydrogen) atoms. The summed E-state index contributed by atoms with van der Waals surface area (Å²) in [6.07, 6.45) is 0. The number of ether oxygens (including phenoxy) is 6. The lowest BCUT2D eigenvalue weighted by atomic mass is 9.92. The molecule has 0 aliphatic carbocycles. The Labute approximate surface area is 152 Å². The van der Waals surface area contributed by atoms with Crippen molar-refractivity contribution in [2.45, 2.75) is 0 Å². The Kier molecular flexibility index (Phi) is 2.32. The predicted octanol–water partition coefficient (Wildman–Crippen LogP) is 4.33. The third kappa shape index (κ3) is 1.53. The van der Waals surface area contributed by atoms with Gasteiger partial charge >= 0.3 is 0 Å². The molecule has 0 saturated carbocycles. The number of rotatable bonds is 0. The van der Waals surface area contributed by atoms with Crippen LogP contribution < -0.4 is 28.4 Å². The summed E-state index contributed by atoms with van der Waals surface area (Å²) in [4.78, 5) is 0. The van der Waals surface area contributed by atoms with E-state index in [0.29, 0.717) is 23.0 Å². The molecule has 0 amide bonds. The van der Waals surface area contributed by atoms with Gasteiger partial charge in [-0.25, -0.2) is 0 Å². The molecule has 0 unspecified atom stereocenters. The predicted molar refractivity (Wildman–Crippen MR) is 97.3 cm³/mol. The monoisotopic (exact) mass is 360 g/mol. The first-order valence-corrected chi connectivity index (χ1v) is 8.69. The molecular weight excluding hydrogens is 348 g/mol. The van der Waals surface area contributed by atoms with E-state index in [4.69, 9.17) is 28.4 Å². The molecular formula is C21H12O6. The second-order valence-electron chi connectivity index (χ2n) is 6.65. The van der Waals surface area contributed by atoms with Gasteiger partial charge in [0.15, 0.2) is 23.0 Å². The highest BCUT2D eigenvalue weighted by Crippen LogP contribution is 2.60. The lowest BCUT2D eigenvalue weighted by Gasteiger charge is -2.15. The summed E-state index contributed by atoms with van der Waals surface area (Å²) in [5.41, 5.74) is 0. The van der Waals surface area contributed by atoms with Gasteiger partial charge in [-0.1, -0.05) is 24.3 Å². The van der Waals surface area contributed by atoms with Gasteiger partial charge in [0.1, 0.15) is 0 Å². The number of benzene rings is 4. The lowest BCUT2D eigenvalue weighted by molar-refractivity contribution is 0.158. The molecule has 0 atom stereocenters. The van der Waals surface area contributed by atoms with E-state index in [1.807, 2.05) is 18.2 Å². The Morgan fingerprint density at radius 2 is 1.00 bits per heavy atom. The minimum Gasteiger partial charge on any atom is -0.454 e. The van der Waals surface area contributed by atoms with E-state index in [0.717, 1.165) is 43.8 Å². The summed E-state index contributed by atoms with van der Waals surface area (Å²) in [6, 6.07) is 12.3. The van der Waals surface area contributed by atoms with Crippen LogP contribution in [0.25, 0.3) is 32.3 Å². The van der Waals surface area contributed by atoms with Gasteiger partial charge in [0.05, 0.1) is 0 Å². The first-order valence-electron chi connectivity index (χ1n) is 8.69. The summed E-state index contributed by atoms with van der Waals surface area (Å²) in [6.45, 7) is 0.501. The molecule has 3 aliphatic heterocycles. The van der Waals surface area contributed by atoms with Crippen LogP contribution in [-0.4, -0.2) is 20.4 Å². The summed E-state index contributed by atoms with van der Waals surface area (Å²) < 4.78 is 34.7. The maximum Gasteiger partial charge on any atom is 0.231 e. The highest BCUT2D eigenvalue weighted by Gasteiger charge is 2.35. The summed E-state index contributed by atoms with van der Waals surface area (Å²) in [7, 11) is 0. The molecule has 3 aliphatic rings. The molecule has 0 fully saturated rings. The van der Waals surface area contributed by atoms with E-state index < -0.39 is 0 Å². The smallest absolute Gasteiger partial charge is 0.231 e. The number of hydrogen-bond donors (Lipinski definition) is 0.